The fourth-order valence-corrected chi connectivity index (χ4v) is 5.27. The first-order valence-electron chi connectivity index (χ1n) is 12.5. The van der Waals surface area contributed by atoms with E-state index >= 15 is 0 Å². The summed E-state index contributed by atoms with van der Waals surface area (Å²) in [7, 11) is 1.58. The maximum atomic E-state index is 13.6. The van der Waals surface area contributed by atoms with Gasteiger partial charge in [-0.1, -0.05) is 29.8 Å². The van der Waals surface area contributed by atoms with E-state index in [1.165, 1.54) is 27.3 Å². The molecule has 220 valence electrons. The maximum absolute atomic E-state index is 13.6. The number of benzene rings is 2. The molecule has 0 bridgehead atoms. The summed E-state index contributed by atoms with van der Waals surface area (Å²) in [4.78, 5) is 31.3. The summed E-state index contributed by atoms with van der Waals surface area (Å²) in [6.45, 7) is 1.40. The Morgan fingerprint density at radius 1 is 1.02 bits per heavy atom. The molecule has 2 aromatic heterocycles. The van der Waals surface area contributed by atoms with Gasteiger partial charge in [0, 0.05) is 37.6 Å². The minimum atomic E-state index is -4.80. The van der Waals surface area contributed by atoms with E-state index in [1.54, 1.807) is 23.7 Å². The largest absolute Gasteiger partial charge is 0.573 e. The molecule has 0 saturated heterocycles. The van der Waals surface area contributed by atoms with Crippen LogP contribution in [0.1, 0.15) is 24.2 Å². The lowest BCUT2D eigenvalue weighted by atomic mass is 10.2. The molecular formula is C26H26ClF3IN4O5P. The van der Waals surface area contributed by atoms with E-state index in [0.29, 0.717) is 48.8 Å². The average molecular weight is 725 g/mol. The summed E-state index contributed by atoms with van der Waals surface area (Å²) < 4.78 is 56.9. The van der Waals surface area contributed by atoms with Gasteiger partial charge < -0.3 is 18.6 Å². The predicted octanol–water partition coefficient (Wildman–Crippen LogP) is 5.86. The van der Waals surface area contributed by atoms with Crippen LogP contribution in [0.4, 0.5) is 13.2 Å². The fraction of sp³-hybridized carbons (Fsp3) is 0.346. The molecule has 0 aliphatic heterocycles. The first-order valence-corrected chi connectivity index (χ1v) is 16.9. The van der Waals surface area contributed by atoms with E-state index in [9.17, 15) is 22.8 Å². The number of hydrogen-bond donors (Lipinski definition) is 0. The van der Waals surface area contributed by atoms with Crippen LogP contribution < -0.4 is 20.7 Å². The van der Waals surface area contributed by atoms with Gasteiger partial charge in [-0.2, -0.15) is 0 Å². The van der Waals surface area contributed by atoms with Crippen LogP contribution in [0.25, 0.3) is 11.2 Å². The summed E-state index contributed by atoms with van der Waals surface area (Å²) in [5, 5.41) is 0.574. The molecule has 2 aromatic carbocycles. The van der Waals surface area contributed by atoms with Crippen LogP contribution in [0.15, 0.2) is 58.1 Å². The maximum Gasteiger partial charge on any atom is 0.573 e. The number of halogens is 5. The Morgan fingerprint density at radius 3 is 2.46 bits per heavy atom. The van der Waals surface area contributed by atoms with Gasteiger partial charge in [0.15, 0.2) is 11.2 Å². The standard InChI is InChI=1S/C26H26ClF3IN4O5P/c1-33-23-22(24(36)34(25(33)37)12-4-14-39-41-31)35(16-17-8-10-18(27)11-9-17)21(32-23)7-3-13-38-19-5-2-6-20(15-19)40-26(28,29)30/h2,5-6,8-11,15,41H,3-4,7,12-14,16H2,1H3. The zero-order valence-corrected chi connectivity index (χ0v) is 25.7. The number of alkyl halides is 3. The van der Waals surface area contributed by atoms with E-state index < -0.39 is 17.6 Å². The number of rotatable bonds is 13. The van der Waals surface area contributed by atoms with Crippen molar-refractivity contribution in [3.05, 3.63) is 85.8 Å². The molecule has 1 atom stereocenters. The highest BCUT2D eigenvalue weighted by molar-refractivity contribution is 14.2. The van der Waals surface area contributed by atoms with Crippen LogP contribution in [-0.4, -0.2) is 38.3 Å². The Kier molecular flexibility index (Phi) is 10.7. The molecule has 4 rings (SSSR count). The van der Waals surface area contributed by atoms with E-state index in [-0.39, 0.29) is 36.7 Å². The quantitative estimate of drug-likeness (QED) is 0.0976. The van der Waals surface area contributed by atoms with Gasteiger partial charge in [-0.15, -0.1) is 13.2 Å². The Morgan fingerprint density at radius 2 is 1.76 bits per heavy atom. The number of fused-ring (bicyclic) bond motifs is 1. The van der Waals surface area contributed by atoms with Crippen molar-refractivity contribution in [3.8, 4) is 11.5 Å². The minimum absolute atomic E-state index is 0.167. The second kappa shape index (κ2) is 14.0. The van der Waals surface area contributed by atoms with Crippen LogP contribution in [0.5, 0.6) is 11.5 Å². The van der Waals surface area contributed by atoms with Crippen molar-refractivity contribution in [2.75, 3.05) is 13.2 Å². The van der Waals surface area contributed by atoms with Crippen LogP contribution >= 0.6 is 40.1 Å². The van der Waals surface area contributed by atoms with Crippen LogP contribution in [0.3, 0.4) is 0 Å². The zero-order chi connectivity index (χ0) is 29.6. The average Bonchev–Trinajstić information content (AvgIpc) is 3.28. The molecule has 15 heteroatoms. The predicted molar refractivity (Wildman–Crippen MR) is 160 cm³/mol. The second-order valence-electron chi connectivity index (χ2n) is 8.97. The van der Waals surface area contributed by atoms with Crippen molar-refractivity contribution < 1.29 is 27.2 Å². The van der Waals surface area contributed by atoms with E-state index in [4.69, 9.17) is 20.9 Å². The molecule has 41 heavy (non-hydrogen) atoms. The summed E-state index contributed by atoms with van der Waals surface area (Å²) in [5.41, 5.74) is 0.538. The lowest BCUT2D eigenvalue weighted by Gasteiger charge is -2.12. The molecule has 1 unspecified atom stereocenters. The van der Waals surface area contributed by atoms with Crippen LogP contribution in [0.2, 0.25) is 5.02 Å². The minimum Gasteiger partial charge on any atom is -0.493 e. The van der Waals surface area contributed by atoms with Gasteiger partial charge in [-0.25, -0.2) is 9.78 Å². The summed E-state index contributed by atoms with van der Waals surface area (Å²) in [6.07, 6.45) is -3.49. The number of aryl methyl sites for hydroxylation is 2. The van der Waals surface area contributed by atoms with Crippen molar-refractivity contribution in [2.45, 2.75) is 38.7 Å². The second-order valence-corrected chi connectivity index (χ2v) is 11.2. The van der Waals surface area contributed by atoms with Crippen molar-refractivity contribution in [1.29, 1.82) is 0 Å². The van der Waals surface area contributed by atoms with Crippen molar-refractivity contribution in [2.24, 2.45) is 7.05 Å². The van der Waals surface area contributed by atoms with Gasteiger partial charge in [0.05, 0.1) is 19.7 Å². The van der Waals surface area contributed by atoms with E-state index in [1.807, 2.05) is 12.1 Å². The summed E-state index contributed by atoms with van der Waals surface area (Å²) in [5.74, 6) is 0.406. The first kappa shape index (κ1) is 31.3. The lowest BCUT2D eigenvalue weighted by molar-refractivity contribution is -0.274. The number of aromatic nitrogens is 4. The molecule has 0 radical (unpaired) electrons. The Labute approximate surface area is 252 Å². The third kappa shape index (κ3) is 8.24. The summed E-state index contributed by atoms with van der Waals surface area (Å²) >= 11 is 8.16. The van der Waals surface area contributed by atoms with E-state index in [2.05, 4.69) is 31.8 Å². The zero-order valence-electron chi connectivity index (χ0n) is 21.8. The molecule has 4 aromatic rings. The topological polar surface area (TPSA) is 89.5 Å². The highest BCUT2D eigenvalue weighted by Gasteiger charge is 2.31. The number of hydrogen-bond acceptors (Lipinski definition) is 6. The molecule has 0 aliphatic rings. The van der Waals surface area contributed by atoms with Crippen molar-refractivity contribution in [1.82, 2.24) is 18.7 Å². The molecule has 9 nitrogen and oxygen atoms in total. The Bertz CT molecular complexity index is 1610. The molecule has 0 N–H and O–H groups in total. The van der Waals surface area contributed by atoms with Gasteiger partial charge in [-0.3, -0.25) is 13.9 Å². The Hall–Kier alpha value is -2.61. The molecule has 0 fully saturated rings. The fourth-order valence-electron chi connectivity index (χ4n) is 4.26. The molecule has 0 saturated carbocycles. The van der Waals surface area contributed by atoms with E-state index in [0.717, 1.165) is 11.6 Å². The highest BCUT2D eigenvalue weighted by atomic mass is 127. The highest BCUT2D eigenvalue weighted by Crippen LogP contribution is 2.26. The Balaban J connectivity index is 1.60. The molecule has 0 amide bonds. The molecule has 0 aliphatic carbocycles. The third-order valence-corrected chi connectivity index (χ3v) is 7.60. The van der Waals surface area contributed by atoms with Crippen molar-refractivity contribution in [3.63, 3.8) is 0 Å². The van der Waals surface area contributed by atoms with Gasteiger partial charge in [-0.05, 0) is 64.7 Å². The molecule has 0 spiro atoms. The number of imidazole rings is 1. The SMILES string of the molecule is Cn1c(=O)n(CCCOPI)c(=O)c2c1nc(CCCOc1cccc(OC(F)(F)F)c1)n2Cc1ccc(Cl)cc1. The first-order chi connectivity index (χ1) is 19.6. The molecule has 2 heterocycles. The smallest absolute Gasteiger partial charge is 0.493 e. The number of ether oxygens (including phenoxy) is 2. The normalized spacial score (nSPS) is 12.0. The van der Waals surface area contributed by atoms with Gasteiger partial charge >= 0.3 is 12.1 Å². The van der Waals surface area contributed by atoms with Gasteiger partial charge in [0.25, 0.3) is 5.56 Å². The number of nitrogens with zero attached hydrogens (tertiary/aromatic N) is 4. The van der Waals surface area contributed by atoms with Crippen LogP contribution in [0, 0.1) is 0 Å². The van der Waals surface area contributed by atoms with Crippen molar-refractivity contribution >= 4 is 51.3 Å². The molecular weight excluding hydrogens is 699 g/mol. The third-order valence-electron chi connectivity index (χ3n) is 6.10. The monoisotopic (exact) mass is 724 g/mol. The van der Waals surface area contributed by atoms with Gasteiger partial charge in [0.2, 0.25) is 0 Å². The lowest BCUT2D eigenvalue weighted by Crippen LogP contribution is -2.40. The van der Waals surface area contributed by atoms with Crippen LogP contribution in [-0.2, 0) is 31.1 Å². The summed E-state index contributed by atoms with van der Waals surface area (Å²) in [6, 6.07) is 12.5. The van der Waals surface area contributed by atoms with Gasteiger partial charge in [0.1, 0.15) is 17.3 Å².